The Kier molecular flexibility index (Phi) is 8.76. The lowest BCUT2D eigenvalue weighted by atomic mass is 10.1. The summed E-state index contributed by atoms with van der Waals surface area (Å²) in [5.74, 6) is -0.868. The number of rotatable bonds is 9. The van der Waals surface area contributed by atoms with Crippen LogP contribution >= 0.6 is 11.8 Å². The smallest absolute Gasteiger partial charge is 0.344 e. The van der Waals surface area contributed by atoms with Gasteiger partial charge in [0, 0.05) is 5.69 Å². The number of amides is 3. The molecule has 0 unspecified atom stereocenters. The highest BCUT2D eigenvalue weighted by Gasteiger charge is 2.36. The Morgan fingerprint density at radius 1 is 1.08 bits per heavy atom. The second kappa shape index (κ2) is 11.8. The van der Waals surface area contributed by atoms with Crippen molar-refractivity contribution in [3.63, 3.8) is 0 Å². The number of aryl methyl sites for hydroxylation is 2. The molecule has 0 atom stereocenters. The third kappa shape index (κ3) is 6.88. The van der Waals surface area contributed by atoms with Crippen LogP contribution in [0.2, 0.25) is 0 Å². The Bertz CT molecular complexity index is 1220. The molecule has 0 aromatic heterocycles. The number of methoxy groups -OCH3 is 1. The number of hydrogen-bond donors (Lipinski definition) is 1. The zero-order valence-electron chi connectivity index (χ0n) is 20.7. The summed E-state index contributed by atoms with van der Waals surface area (Å²) in [6.07, 6.45) is 1.28. The summed E-state index contributed by atoms with van der Waals surface area (Å²) in [6.45, 7) is 6.63. The standard InChI is InChI=1S/C26H28N2O7S/c1-15(2)35-24(30)14-34-20-9-7-18(11-21(20)33-5)12-22-25(31)28(26(32)36-22)13-23(29)27-19-8-6-16(3)10-17(19)4/h6-12,15H,13-14H2,1-5H3,(H,27,29)/b22-12-. The number of nitrogens with one attached hydrogen (secondary N) is 1. The first kappa shape index (κ1) is 26.8. The largest absolute Gasteiger partial charge is 0.493 e. The number of carbonyl (C=O) groups is 4. The Hall–Kier alpha value is -3.79. The number of nitrogens with zero attached hydrogens (tertiary/aromatic N) is 1. The van der Waals surface area contributed by atoms with Gasteiger partial charge in [0.15, 0.2) is 18.1 Å². The van der Waals surface area contributed by atoms with Crippen molar-refractivity contribution in [1.82, 2.24) is 4.90 Å². The quantitative estimate of drug-likeness (QED) is 0.391. The van der Waals surface area contributed by atoms with Crippen LogP contribution in [0, 0.1) is 13.8 Å². The maximum atomic E-state index is 12.8. The minimum atomic E-state index is -0.559. The summed E-state index contributed by atoms with van der Waals surface area (Å²) in [4.78, 5) is 50.6. The van der Waals surface area contributed by atoms with E-state index in [9.17, 15) is 19.2 Å². The van der Waals surface area contributed by atoms with E-state index >= 15 is 0 Å². The van der Waals surface area contributed by atoms with Crippen LogP contribution in [0.15, 0.2) is 41.3 Å². The minimum Gasteiger partial charge on any atom is -0.493 e. The average molecular weight is 513 g/mol. The van der Waals surface area contributed by atoms with Gasteiger partial charge in [-0.15, -0.1) is 0 Å². The molecule has 1 saturated heterocycles. The topological polar surface area (TPSA) is 111 Å². The van der Waals surface area contributed by atoms with Crippen LogP contribution in [0.1, 0.15) is 30.5 Å². The van der Waals surface area contributed by atoms with E-state index in [4.69, 9.17) is 14.2 Å². The average Bonchev–Trinajstić information content (AvgIpc) is 3.06. The molecule has 36 heavy (non-hydrogen) atoms. The van der Waals surface area contributed by atoms with Crippen molar-refractivity contribution in [3.05, 3.63) is 58.0 Å². The highest BCUT2D eigenvalue weighted by Crippen LogP contribution is 2.34. The van der Waals surface area contributed by atoms with Gasteiger partial charge in [-0.05, 0) is 74.9 Å². The lowest BCUT2D eigenvalue weighted by Gasteiger charge is -2.14. The number of anilines is 1. The van der Waals surface area contributed by atoms with Gasteiger partial charge in [-0.3, -0.25) is 19.3 Å². The van der Waals surface area contributed by atoms with Crippen molar-refractivity contribution < 1.29 is 33.4 Å². The van der Waals surface area contributed by atoms with Gasteiger partial charge >= 0.3 is 5.97 Å². The molecule has 9 nitrogen and oxygen atoms in total. The van der Waals surface area contributed by atoms with Gasteiger partial charge in [-0.25, -0.2) is 4.79 Å². The first-order valence-corrected chi connectivity index (χ1v) is 12.0. The molecule has 1 heterocycles. The van der Waals surface area contributed by atoms with E-state index in [1.807, 2.05) is 26.0 Å². The van der Waals surface area contributed by atoms with Crippen molar-refractivity contribution in [3.8, 4) is 11.5 Å². The number of carbonyl (C=O) groups excluding carboxylic acids is 4. The van der Waals surface area contributed by atoms with E-state index < -0.39 is 29.6 Å². The second-order valence-electron chi connectivity index (χ2n) is 8.37. The van der Waals surface area contributed by atoms with E-state index in [-0.39, 0.29) is 17.6 Å². The van der Waals surface area contributed by atoms with Crippen LogP contribution in [-0.2, 0) is 19.1 Å². The summed E-state index contributed by atoms with van der Waals surface area (Å²) in [5.41, 5.74) is 3.15. The molecule has 0 aliphatic carbocycles. The SMILES string of the molecule is COc1cc(/C=C2\SC(=O)N(CC(=O)Nc3ccc(C)cc3C)C2=O)ccc1OCC(=O)OC(C)C. The molecule has 0 radical (unpaired) electrons. The summed E-state index contributed by atoms with van der Waals surface area (Å²) in [5, 5.41) is 2.21. The van der Waals surface area contributed by atoms with E-state index in [0.29, 0.717) is 22.7 Å². The van der Waals surface area contributed by atoms with Crippen LogP contribution in [-0.4, -0.2) is 54.3 Å². The first-order chi connectivity index (χ1) is 17.1. The summed E-state index contributed by atoms with van der Waals surface area (Å²) in [6, 6.07) is 10.4. The fourth-order valence-corrected chi connectivity index (χ4v) is 4.24. The lowest BCUT2D eigenvalue weighted by molar-refractivity contribution is -0.149. The molecule has 2 aromatic carbocycles. The molecule has 1 aliphatic heterocycles. The van der Waals surface area contributed by atoms with Crippen molar-refractivity contribution in [2.45, 2.75) is 33.8 Å². The van der Waals surface area contributed by atoms with E-state index in [1.54, 1.807) is 38.1 Å². The van der Waals surface area contributed by atoms with Crippen molar-refractivity contribution in [1.29, 1.82) is 0 Å². The predicted molar refractivity (Wildman–Crippen MR) is 137 cm³/mol. The van der Waals surface area contributed by atoms with Crippen LogP contribution < -0.4 is 14.8 Å². The Labute approximate surface area is 213 Å². The molecule has 10 heteroatoms. The van der Waals surface area contributed by atoms with E-state index in [0.717, 1.165) is 27.8 Å². The van der Waals surface area contributed by atoms with Gasteiger partial charge in [0.1, 0.15) is 6.54 Å². The number of thioether (sulfide) groups is 1. The number of hydrogen-bond acceptors (Lipinski definition) is 8. The number of ether oxygens (including phenoxy) is 3. The molecule has 0 bridgehead atoms. The normalized spacial score (nSPS) is 14.4. The molecule has 3 amide bonds. The number of esters is 1. The highest BCUT2D eigenvalue weighted by atomic mass is 32.2. The Balaban J connectivity index is 1.67. The third-order valence-electron chi connectivity index (χ3n) is 5.03. The molecule has 2 aromatic rings. The molecule has 1 N–H and O–H groups in total. The zero-order chi connectivity index (χ0) is 26.4. The monoisotopic (exact) mass is 512 g/mol. The number of benzene rings is 2. The lowest BCUT2D eigenvalue weighted by Crippen LogP contribution is -2.36. The molecule has 0 spiro atoms. The van der Waals surface area contributed by atoms with Gasteiger partial charge in [0.2, 0.25) is 5.91 Å². The molecule has 0 saturated carbocycles. The maximum absolute atomic E-state index is 12.8. The third-order valence-corrected chi connectivity index (χ3v) is 5.94. The molecular formula is C26H28N2O7S. The van der Waals surface area contributed by atoms with Gasteiger partial charge in [-0.1, -0.05) is 23.8 Å². The molecular weight excluding hydrogens is 484 g/mol. The summed E-state index contributed by atoms with van der Waals surface area (Å²) < 4.78 is 15.9. The van der Waals surface area contributed by atoms with Gasteiger partial charge in [0.25, 0.3) is 11.1 Å². The van der Waals surface area contributed by atoms with Gasteiger partial charge in [0.05, 0.1) is 18.1 Å². The van der Waals surface area contributed by atoms with Crippen molar-refractivity contribution in [2.24, 2.45) is 0 Å². The Morgan fingerprint density at radius 3 is 2.50 bits per heavy atom. The van der Waals surface area contributed by atoms with Crippen molar-refractivity contribution in [2.75, 3.05) is 25.6 Å². The summed E-state index contributed by atoms with van der Waals surface area (Å²) in [7, 11) is 1.45. The minimum absolute atomic E-state index is 0.176. The van der Waals surface area contributed by atoms with Crippen LogP contribution in [0.4, 0.5) is 10.5 Å². The first-order valence-electron chi connectivity index (χ1n) is 11.2. The van der Waals surface area contributed by atoms with Crippen LogP contribution in [0.25, 0.3) is 6.08 Å². The fraction of sp³-hybridized carbons (Fsp3) is 0.308. The zero-order valence-corrected chi connectivity index (χ0v) is 21.6. The Morgan fingerprint density at radius 2 is 1.83 bits per heavy atom. The van der Waals surface area contributed by atoms with Gasteiger partial charge < -0.3 is 19.5 Å². The number of imide groups is 1. The van der Waals surface area contributed by atoms with Crippen LogP contribution in [0.3, 0.4) is 0 Å². The molecule has 1 fully saturated rings. The van der Waals surface area contributed by atoms with Gasteiger partial charge in [-0.2, -0.15) is 0 Å². The predicted octanol–water partition coefficient (Wildman–Crippen LogP) is 4.32. The molecule has 3 rings (SSSR count). The molecule has 1 aliphatic rings. The highest BCUT2D eigenvalue weighted by molar-refractivity contribution is 8.18. The van der Waals surface area contributed by atoms with Crippen LogP contribution in [0.5, 0.6) is 11.5 Å². The fourth-order valence-electron chi connectivity index (χ4n) is 3.40. The van der Waals surface area contributed by atoms with Crippen molar-refractivity contribution >= 4 is 46.5 Å². The summed E-state index contributed by atoms with van der Waals surface area (Å²) >= 11 is 0.753. The van der Waals surface area contributed by atoms with E-state index in [2.05, 4.69) is 5.32 Å². The second-order valence-corrected chi connectivity index (χ2v) is 9.37. The van der Waals surface area contributed by atoms with E-state index in [1.165, 1.54) is 13.2 Å². The molecule has 190 valence electrons. The maximum Gasteiger partial charge on any atom is 0.344 e.